The Labute approximate surface area is 103 Å². The summed E-state index contributed by atoms with van der Waals surface area (Å²) in [6.07, 6.45) is 1.05. The third-order valence-electron chi connectivity index (χ3n) is 3.57. The van der Waals surface area contributed by atoms with Crippen LogP contribution in [0.2, 0.25) is 0 Å². The molecule has 0 saturated heterocycles. The van der Waals surface area contributed by atoms with Gasteiger partial charge < -0.3 is 15.2 Å². The molecule has 2 rings (SSSR count). The molecule has 0 aliphatic carbocycles. The Morgan fingerprint density at radius 1 is 1.18 bits per heavy atom. The molecule has 94 valence electrons. The standard InChI is InChI=1S/C14H21NO2/c1-10(5-6-15)11(2)12-3-4-13-14(9-12)17-8-7-16-13/h3-4,9-11H,5-8,15H2,1-2H3. The van der Waals surface area contributed by atoms with Gasteiger partial charge in [0.1, 0.15) is 13.2 Å². The Morgan fingerprint density at radius 2 is 1.88 bits per heavy atom. The molecule has 2 unspecified atom stereocenters. The lowest BCUT2D eigenvalue weighted by Gasteiger charge is -2.23. The van der Waals surface area contributed by atoms with Crippen LogP contribution in [0, 0.1) is 5.92 Å². The number of nitrogens with two attached hydrogens (primary N) is 1. The van der Waals surface area contributed by atoms with Crippen molar-refractivity contribution in [3.63, 3.8) is 0 Å². The summed E-state index contributed by atoms with van der Waals surface area (Å²) in [5.41, 5.74) is 6.91. The van der Waals surface area contributed by atoms with Gasteiger partial charge in [0.05, 0.1) is 0 Å². The lowest BCUT2D eigenvalue weighted by Crippen LogP contribution is -2.16. The molecule has 1 aliphatic rings. The highest BCUT2D eigenvalue weighted by molar-refractivity contribution is 5.44. The number of hydrogen-bond donors (Lipinski definition) is 1. The molecule has 3 heteroatoms. The molecule has 1 aliphatic heterocycles. The van der Waals surface area contributed by atoms with Crippen molar-refractivity contribution in [1.29, 1.82) is 0 Å². The molecule has 0 bridgehead atoms. The topological polar surface area (TPSA) is 44.5 Å². The van der Waals surface area contributed by atoms with E-state index >= 15 is 0 Å². The van der Waals surface area contributed by atoms with Crippen LogP contribution in [0.15, 0.2) is 18.2 Å². The molecular weight excluding hydrogens is 214 g/mol. The first-order valence-electron chi connectivity index (χ1n) is 6.32. The highest BCUT2D eigenvalue weighted by Crippen LogP contribution is 2.35. The smallest absolute Gasteiger partial charge is 0.161 e. The van der Waals surface area contributed by atoms with E-state index in [1.807, 2.05) is 6.07 Å². The minimum absolute atomic E-state index is 0.495. The zero-order valence-electron chi connectivity index (χ0n) is 10.6. The van der Waals surface area contributed by atoms with Gasteiger partial charge >= 0.3 is 0 Å². The Kier molecular flexibility index (Phi) is 3.89. The Morgan fingerprint density at radius 3 is 2.59 bits per heavy atom. The Hall–Kier alpha value is -1.22. The SMILES string of the molecule is CC(CCN)C(C)c1ccc2c(c1)OCCO2. The molecule has 0 saturated carbocycles. The van der Waals surface area contributed by atoms with Gasteiger partial charge in [-0.05, 0) is 42.5 Å². The maximum Gasteiger partial charge on any atom is 0.161 e. The Balaban J connectivity index is 2.15. The maximum atomic E-state index is 5.61. The summed E-state index contributed by atoms with van der Waals surface area (Å²) in [5.74, 6) is 2.82. The van der Waals surface area contributed by atoms with Crippen LogP contribution in [0.5, 0.6) is 11.5 Å². The van der Waals surface area contributed by atoms with E-state index in [0.29, 0.717) is 25.0 Å². The van der Waals surface area contributed by atoms with Crippen LogP contribution in [0.25, 0.3) is 0 Å². The molecular formula is C14H21NO2. The zero-order valence-corrected chi connectivity index (χ0v) is 10.6. The third kappa shape index (κ3) is 2.72. The van der Waals surface area contributed by atoms with Crippen LogP contribution in [0.1, 0.15) is 31.7 Å². The fraction of sp³-hybridized carbons (Fsp3) is 0.571. The second kappa shape index (κ2) is 5.41. The van der Waals surface area contributed by atoms with Crippen molar-refractivity contribution >= 4 is 0 Å². The summed E-state index contributed by atoms with van der Waals surface area (Å²) in [5, 5.41) is 0. The van der Waals surface area contributed by atoms with Crippen molar-refractivity contribution in [2.24, 2.45) is 11.7 Å². The number of benzene rings is 1. The van der Waals surface area contributed by atoms with Crippen molar-refractivity contribution in [3.05, 3.63) is 23.8 Å². The van der Waals surface area contributed by atoms with Crippen LogP contribution in [-0.4, -0.2) is 19.8 Å². The van der Waals surface area contributed by atoms with E-state index in [2.05, 4.69) is 26.0 Å². The van der Waals surface area contributed by atoms with E-state index < -0.39 is 0 Å². The number of hydrogen-bond acceptors (Lipinski definition) is 3. The normalized spacial score (nSPS) is 17.6. The lowest BCUT2D eigenvalue weighted by atomic mass is 9.86. The van der Waals surface area contributed by atoms with Crippen LogP contribution < -0.4 is 15.2 Å². The molecule has 2 N–H and O–H groups in total. The maximum absolute atomic E-state index is 5.61. The van der Waals surface area contributed by atoms with Crippen LogP contribution in [-0.2, 0) is 0 Å². The van der Waals surface area contributed by atoms with Crippen molar-refractivity contribution < 1.29 is 9.47 Å². The van der Waals surface area contributed by atoms with Gasteiger partial charge in [-0.25, -0.2) is 0 Å². The summed E-state index contributed by atoms with van der Waals surface area (Å²) in [6.45, 7) is 6.52. The lowest BCUT2D eigenvalue weighted by molar-refractivity contribution is 0.171. The number of rotatable bonds is 4. The van der Waals surface area contributed by atoms with Crippen molar-refractivity contribution in [3.8, 4) is 11.5 Å². The number of ether oxygens (including phenoxy) is 2. The predicted molar refractivity (Wildman–Crippen MR) is 68.7 cm³/mol. The molecule has 0 spiro atoms. The third-order valence-corrected chi connectivity index (χ3v) is 3.57. The summed E-state index contributed by atoms with van der Waals surface area (Å²) >= 11 is 0. The predicted octanol–water partition coefficient (Wildman–Crippen LogP) is 2.55. The van der Waals surface area contributed by atoms with Gasteiger partial charge in [0.15, 0.2) is 11.5 Å². The number of fused-ring (bicyclic) bond motifs is 1. The van der Waals surface area contributed by atoms with Crippen LogP contribution in [0.3, 0.4) is 0 Å². The van der Waals surface area contributed by atoms with Gasteiger partial charge in [-0.1, -0.05) is 19.9 Å². The summed E-state index contributed by atoms with van der Waals surface area (Å²) in [6, 6.07) is 6.24. The van der Waals surface area contributed by atoms with E-state index in [9.17, 15) is 0 Å². The average Bonchev–Trinajstić information content (AvgIpc) is 2.37. The van der Waals surface area contributed by atoms with E-state index in [1.165, 1.54) is 5.56 Å². The summed E-state index contributed by atoms with van der Waals surface area (Å²) in [4.78, 5) is 0. The fourth-order valence-corrected chi connectivity index (χ4v) is 2.18. The highest BCUT2D eigenvalue weighted by atomic mass is 16.6. The monoisotopic (exact) mass is 235 g/mol. The second-order valence-corrected chi connectivity index (χ2v) is 4.75. The molecule has 1 heterocycles. The van der Waals surface area contributed by atoms with Crippen molar-refractivity contribution in [1.82, 2.24) is 0 Å². The fourth-order valence-electron chi connectivity index (χ4n) is 2.18. The first-order valence-corrected chi connectivity index (χ1v) is 6.32. The van der Waals surface area contributed by atoms with Crippen molar-refractivity contribution in [2.45, 2.75) is 26.2 Å². The molecule has 1 aromatic carbocycles. The molecule has 0 aromatic heterocycles. The van der Waals surface area contributed by atoms with Gasteiger partial charge in [0.25, 0.3) is 0 Å². The van der Waals surface area contributed by atoms with Gasteiger partial charge in [-0.2, -0.15) is 0 Å². The van der Waals surface area contributed by atoms with E-state index in [4.69, 9.17) is 15.2 Å². The molecule has 2 atom stereocenters. The van der Waals surface area contributed by atoms with E-state index in [1.54, 1.807) is 0 Å². The molecule has 1 aromatic rings. The summed E-state index contributed by atoms with van der Waals surface area (Å²) < 4.78 is 11.1. The second-order valence-electron chi connectivity index (χ2n) is 4.75. The van der Waals surface area contributed by atoms with Crippen LogP contribution in [0.4, 0.5) is 0 Å². The van der Waals surface area contributed by atoms with Gasteiger partial charge in [-0.3, -0.25) is 0 Å². The van der Waals surface area contributed by atoms with Gasteiger partial charge in [0.2, 0.25) is 0 Å². The average molecular weight is 235 g/mol. The molecule has 0 radical (unpaired) electrons. The zero-order chi connectivity index (χ0) is 12.3. The van der Waals surface area contributed by atoms with E-state index in [-0.39, 0.29) is 0 Å². The largest absolute Gasteiger partial charge is 0.486 e. The highest BCUT2D eigenvalue weighted by Gasteiger charge is 2.17. The first-order chi connectivity index (χ1) is 8.22. The van der Waals surface area contributed by atoms with Crippen LogP contribution >= 0.6 is 0 Å². The van der Waals surface area contributed by atoms with Gasteiger partial charge in [0, 0.05) is 0 Å². The quantitative estimate of drug-likeness (QED) is 0.872. The van der Waals surface area contributed by atoms with Crippen molar-refractivity contribution in [2.75, 3.05) is 19.8 Å². The summed E-state index contributed by atoms with van der Waals surface area (Å²) in [7, 11) is 0. The molecule has 17 heavy (non-hydrogen) atoms. The minimum atomic E-state index is 0.495. The minimum Gasteiger partial charge on any atom is -0.486 e. The molecule has 0 fully saturated rings. The first kappa shape index (κ1) is 12.2. The van der Waals surface area contributed by atoms with E-state index in [0.717, 1.165) is 24.5 Å². The molecule has 3 nitrogen and oxygen atoms in total. The van der Waals surface area contributed by atoms with Gasteiger partial charge in [-0.15, -0.1) is 0 Å². The molecule has 0 amide bonds. The Bertz CT molecular complexity index is 378.